The van der Waals surface area contributed by atoms with E-state index in [-0.39, 0.29) is 0 Å². The van der Waals surface area contributed by atoms with Crippen molar-refractivity contribution < 1.29 is 4.74 Å². The summed E-state index contributed by atoms with van der Waals surface area (Å²) >= 11 is 11.0. The number of hydrogen-bond acceptors (Lipinski definition) is 3. The lowest BCUT2D eigenvalue weighted by Crippen LogP contribution is -2.06. The predicted octanol–water partition coefficient (Wildman–Crippen LogP) is 2.91. The van der Waals surface area contributed by atoms with E-state index in [2.05, 4.69) is 10.2 Å². The normalized spacial score (nSPS) is 10.7. The molecule has 0 aliphatic rings. The number of methoxy groups -OCH3 is 1. The molecule has 1 aromatic carbocycles. The molecule has 90 valence electrons. The van der Waals surface area contributed by atoms with Crippen molar-refractivity contribution in [2.45, 2.75) is 6.54 Å². The van der Waals surface area contributed by atoms with E-state index in [0.717, 1.165) is 11.4 Å². The Morgan fingerprint density at radius 3 is 2.76 bits per heavy atom. The van der Waals surface area contributed by atoms with Gasteiger partial charge in [-0.05, 0) is 36.5 Å². The molecule has 0 amide bonds. The fraction of sp³-hybridized carbons (Fsp3) is 0.273. The van der Waals surface area contributed by atoms with Crippen LogP contribution in [-0.4, -0.2) is 28.5 Å². The maximum atomic E-state index is 5.85. The molecular formula is C11H12ClN3OS. The highest BCUT2D eigenvalue weighted by Crippen LogP contribution is 2.19. The van der Waals surface area contributed by atoms with Crippen molar-refractivity contribution in [1.29, 1.82) is 0 Å². The lowest BCUT2D eigenvalue weighted by molar-refractivity contribution is 0.187. The average molecular weight is 270 g/mol. The number of halogens is 1. The van der Waals surface area contributed by atoms with E-state index in [1.165, 1.54) is 0 Å². The van der Waals surface area contributed by atoms with Gasteiger partial charge in [-0.25, -0.2) is 0 Å². The van der Waals surface area contributed by atoms with E-state index >= 15 is 0 Å². The maximum absolute atomic E-state index is 5.85. The second-order valence-corrected chi connectivity index (χ2v) is 4.33. The van der Waals surface area contributed by atoms with Crippen molar-refractivity contribution >= 4 is 23.8 Å². The Labute approximate surface area is 109 Å². The zero-order valence-electron chi connectivity index (χ0n) is 9.31. The number of rotatable bonds is 4. The Morgan fingerprint density at radius 2 is 2.12 bits per heavy atom. The third-order valence-corrected chi connectivity index (χ3v) is 2.94. The first kappa shape index (κ1) is 12.3. The predicted molar refractivity (Wildman–Crippen MR) is 69.7 cm³/mol. The minimum atomic E-state index is 0.590. The number of aromatic nitrogens is 3. The van der Waals surface area contributed by atoms with Gasteiger partial charge < -0.3 is 4.74 Å². The van der Waals surface area contributed by atoms with Crippen molar-refractivity contribution in [3.05, 3.63) is 34.1 Å². The fourth-order valence-corrected chi connectivity index (χ4v) is 1.88. The van der Waals surface area contributed by atoms with Gasteiger partial charge in [-0.15, -0.1) is 0 Å². The van der Waals surface area contributed by atoms with Crippen LogP contribution in [0.15, 0.2) is 24.3 Å². The van der Waals surface area contributed by atoms with Crippen molar-refractivity contribution in [3.8, 4) is 11.4 Å². The van der Waals surface area contributed by atoms with Crippen molar-refractivity contribution in [2.24, 2.45) is 0 Å². The second kappa shape index (κ2) is 5.44. The van der Waals surface area contributed by atoms with Gasteiger partial charge in [0.2, 0.25) is 0 Å². The van der Waals surface area contributed by atoms with Crippen LogP contribution in [0.3, 0.4) is 0 Å². The van der Waals surface area contributed by atoms with Crippen LogP contribution in [0.25, 0.3) is 11.4 Å². The molecule has 0 aliphatic carbocycles. The Hall–Kier alpha value is -1.17. The first-order chi connectivity index (χ1) is 8.22. The first-order valence-corrected chi connectivity index (χ1v) is 5.91. The van der Waals surface area contributed by atoms with Gasteiger partial charge in [-0.3, -0.25) is 9.67 Å². The van der Waals surface area contributed by atoms with Crippen LogP contribution in [0, 0.1) is 4.77 Å². The van der Waals surface area contributed by atoms with Crippen molar-refractivity contribution in [1.82, 2.24) is 14.8 Å². The van der Waals surface area contributed by atoms with Crippen LogP contribution >= 0.6 is 23.8 Å². The third-order valence-electron chi connectivity index (χ3n) is 2.38. The molecule has 2 rings (SSSR count). The average Bonchev–Trinajstić information content (AvgIpc) is 2.69. The zero-order chi connectivity index (χ0) is 12.3. The Balaban J connectivity index is 2.38. The van der Waals surface area contributed by atoms with E-state index in [1.807, 2.05) is 28.8 Å². The highest BCUT2D eigenvalue weighted by atomic mass is 35.5. The minimum Gasteiger partial charge on any atom is -0.383 e. The summed E-state index contributed by atoms with van der Waals surface area (Å²) in [5.74, 6) is 0.795. The molecule has 1 aromatic heterocycles. The van der Waals surface area contributed by atoms with Crippen LogP contribution in [0.4, 0.5) is 0 Å². The van der Waals surface area contributed by atoms with E-state index < -0.39 is 0 Å². The lowest BCUT2D eigenvalue weighted by atomic mass is 10.2. The first-order valence-electron chi connectivity index (χ1n) is 5.12. The summed E-state index contributed by atoms with van der Waals surface area (Å²) in [6.45, 7) is 1.26. The van der Waals surface area contributed by atoms with Crippen LogP contribution in [-0.2, 0) is 11.3 Å². The summed E-state index contributed by atoms with van der Waals surface area (Å²) in [5.41, 5.74) is 0.970. The topological polar surface area (TPSA) is 42.8 Å². The Kier molecular flexibility index (Phi) is 3.93. The van der Waals surface area contributed by atoms with Gasteiger partial charge in [0.05, 0.1) is 13.2 Å². The monoisotopic (exact) mass is 269 g/mol. The Bertz CT molecular complexity index is 547. The van der Waals surface area contributed by atoms with E-state index in [9.17, 15) is 0 Å². The number of hydrogen-bond donors (Lipinski definition) is 1. The van der Waals surface area contributed by atoms with E-state index in [4.69, 9.17) is 28.6 Å². The summed E-state index contributed by atoms with van der Waals surface area (Å²) in [7, 11) is 1.66. The molecule has 17 heavy (non-hydrogen) atoms. The molecule has 0 saturated carbocycles. The molecule has 0 radical (unpaired) electrons. The number of H-pyrrole nitrogens is 1. The van der Waals surface area contributed by atoms with Crippen LogP contribution in [0.2, 0.25) is 5.02 Å². The quantitative estimate of drug-likeness (QED) is 0.868. The Morgan fingerprint density at radius 1 is 1.41 bits per heavy atom. The summed E-state index contributed by atoms with van der Waals surface area (Å²) in [6.07, 6.45) is 0. The van der Waals surface area contributed by atoms with Gasteiger partial charge in [0.15, 0.2) is 10.6 Å². The molecule has 0 unspecified atom stereocenters. The van der Waals surface area contributed by atoms with Gasteiger partial charge in [0.1, 0.15) is 0 Å². The van der Waals surface area contributed by atoms with Crippen LogP contribution in [0.1, 0.15) is 0 Å². The summed E-state index contributed by atoms with van der Waals surface area (Å²) < 4.78 is 7.54. The molecule has 4 nitrogen and oxygen atoms in total. The highest BCUT2D eigenvalue weighted by Gasteiger charge is 2.08. The molecule has 0 atom stereocenters. The van der Waals surface area contributed by atoms with Gasteiger partial charge in [0.25, 0.3) is 0 Å². The van der Waals surface area contributed by atoms with Gasteiger partial charge in [-0.1, -0.05) is 11.6 Å². The number of aromatic amines is 1. The molecular weight excluding hydrogens is 258 g/mol. The maximum Gasteiger partial charge on any atom is 0.195 e. The second-order valence-electron chi connectivity index (χ2n) is 3.50. The number of nitrogens with zero attached hydrogens (tertiary/aromatic N) is 2. The molecule has 1 N–H and O–H groups in total. The molecule has 0 saturated heterocycles. The lowest BCUT2D eigenvalue weighted by Gasteiger charge is -2.05. The highest BCUT2D eigenvalue weighted by molar-refractivity contribution is 7.71. The van der Waals surface area contributed by atoms with E-state index in [0.29, 0.717) is 22.9 Å². The van der Waals surface area contributed by atoms with Crippen molar-refractivity contribution in [2.75, 3.05) is 13.7 Å². The van der Waals surface area contributed by atoms with Gasteiger partial charge in [-0.2, -0.15) is 5.10 Å². The standard InChI is InChI=1S/C11H12ClN3OS/c1-16-7-6-15-10(13-14-11(15)17)8-2-4-9(12)5-3-8/h2-5H,6-7H2,1H3,(H,14,17). The SMILES string of the molecule is COCCn1c(-c2ccc(Cl)cc2)n[nH]c1=S. The number of nitrogens with one attached hydrogen (secondary N) is 1. The largest absolute Gasteiger partial charge is 0.383 e. The molecule has 6 heteroatoms. The number of ether oxygens (including phenoxy) is 1. The van der Waals surface area contributed by atoms with Crippen LogP contribution < -0.4 is 0 Å². The molecule has 1 heterocycles. The molecule has 0 fully saturated rings. The molecule has 0 aliphatic heterocycles. The van der Waals surface area contributed by atoms with Crippen molar-refractivity contribution in [3.63, 3.8) is 0 Å². The van der Waals surface area contributed by atoms with Crippen LogP contribution in [0.5, 0.6) is 0 Å². The summed E-state index contributed by atoms with van der Waals surface area (Å²) in [4.78, 5) is 0. The van der Waals surface area contributed by atoms with E-state index in [1.54, 1.807) is 7.11 Å². The fourth-order valence-electron chi connectivity index (χ4n) is 1.53. The smallest absolute Gasteiger partial charge is 0.195 e. The molecule has 0 spiro atoms. The third kappa shape index (κ3) is 2.74. The summed E-state index contributed by atoms with van der Waals surface area (Å²) in [5, 5.41) is 7.70. The molecule has 2 aromatic rings. The minimum absolute atomic E-state index is 0.590. The summed E-state index contributed by atoms with van der Waals surface area (Å²) in [6, 6.07) is 7.48. The zero-order valence-corrected chi connectivity index (χ0v) is 10.9. The number of benzene rings is 1. The van der Waals surface area contributed by atoms with Gasteiger partial charge >= 0.3 is 0 Å². The molecule has 0 bridgehead atoms. The van der Waals surface area contributed by atoms with Gasteiger partial charge in [0, 0.05) is 17.7 Å².